The van der Waals surface area contributed by atoms with Crippen molar-refractivity contribution in [2.75, 3.05) is 20.3 Å². The predicted octanol–water partition coefficient (Wildman–Crippen LogP) is 0.694. The number of ether oxygens (including phenoxy) is 3. The summed E-state index contributed by atoms with van der Waals surface area (Å²) in [6.07, 6.45) is -0.896. The van der Waals surface area contributed by atoms with Crippen molar-refractivity contribution in [1.82, 2.24) is 4.90 Å². The Morgan fingerprint density at radius 3 is 2.95 bits per heavy atom. The lowest BCUT2D eigenvalue weighted by Gasteiger charge is -2.38. The molecule has 2 heterocycles. The predicted molar refractivity (Wildman–Crippen MR) is 73.9 cm³/mol. The Hall–Kier alpha value is -2.03. The summed E-state index contributed by atoms with van der Waals surface area (Å²) in [5.74, 6) is -0.363. The smallest absolute Gasteiger partial charge is 0.326 e. The van der Waals surface area contributed by atoms with Gasteiger partial charge in [0, 0.05) is 25.3 Å². The highest BCUT2D eigenvalue weighted by molar-refractivity contribution is 5.79. The summed E-state index contributed by atoms with van der Waals surface area (Å²) >= 11 is 0. The van der Waals surface area contributed by atoms with Gasteiger partial charge in [-0.15, -0.1) is 0 Å². The second kappa shape index (κ2) is 5.99. The van der Waals surface area contributed by atoms with E-state index in [0.29, 0.717) is 12.1 Å². The zero-order valence-electron chi connectivity index (χ0n) is 12.0. The fourth-order valence-corrected chi connectivity index (χ4v) is 2.87. The van der Waals surface area contributed by atoms with Crippen LogP contribution in [0.2, 0.25) is 0 Å². The molecule has 8 nitrogen and oxygen atoms in total. The van der Waals surface area contributed by atoms with Crippen molar-refractivity contribution in [1.29, 1.82) is 0 Å². The number of methoxy groups -OCH3 is 1. The molecule has 0 N–H and O–H groups in total. The van der Waals surface area contributed by atoms with Gasteiger partial charge in [0.1, 0.15) is 18.8 Å². The first-order valence-corrected chi connectivity index (χ1v) is 6.91. The number of benzene rings is 1. The number of morpholine rings is 1. The average Bonchev–Trinajstić information content (AvgIpc) is 2.89. The van der Waals surface area contributed by atoms with E-state index < -0.39 is 23.4 Å². The van der Waals surface area contributed by atoms with Crippen LogP contribution >= 0.6 is 0 Å². The lowest BCUT2D eigenvalue weighted by Crippen LogP contribution is -2.55. The van der Waals surface area contributed by atoms with Crippen molar-refractivity contribution >= 4 is 11.7 Å². The van der Waals surface area contributed by atoms with Crippen LogP contribution in [0.25, 0.3) is 0 Å². The summed E-state index contributed by atoms with van der Waals surface area (Å²) < 4.78 is 15.9. The molecule has 1 aromatic rings. The van der Waals surface area contributed by atoms with Gasteiger partial charge < -0.3 is 14.2 Å². The van der Waals surface area contributed by atoms with Crippen LogP contribution in [0.5, 0.6) is 0 Å². The molecule has 118 valence electrons. The van der Waals surface area contributed by atoms with Crippen molar-refractivity contribution in [3.8, 4) is 0 Å². The van der Waals surface area contributed by atoms with Gasteiger partial charge in [0.25, 0.3) is 5.69 Å². The first-order valence-electron chi connectivity index (χ1n) is 6.91. The van der Waals surface area contributed by atoms with Crippen LogP contribution in [0.15, 0.2) is 24.3 Å². The fraction of sp³-hybridized carbons (Fsp3) is 0.500. The Morgan fingerprint density at radius 1 is 1.45 bits per heavy atom. The lowest BCUT2D eigenvalue weighted by atomic mass is 10.1. The van der Waals surface area contributed by atoms with Gasteiger partial charge >= 0.3 is 5.97 Å². The molecule has 0 amide bonds. The van der Waals surface area contributed by atoms with Crippen LogP contribution in [-0.4, -0.2) is 54.5 Å². The molecule has 1 unspecified atom stereocenters. The van der Waals surface area contributed by atoms with E-state index in [9.17, 15) is 14.9 Å². The molecule has 3 rings (SSSR count). The number of rotatable bonds is 4. The second-order valence-electron chi connectivity index (χ2n) is 5.23. The van der Waals surface area contributed by atoms with Crippen LogP contribution in [0.1, 0.15) is 5.56 Å². The molecular formula is C14H16N2O6. The summed E-state index contributed by atoms with van der Waals surface area (Å²) in [4.78, 5) is 24.4. The van der Waals surface area contributed by atoms with Crippen LogP contribution < -0.4 is 0 Å². The third-order valence-corrected chi connectivity index (χ3v) is 3.91. The van der Waals surface area contributed by atoms with E-state index in [2.05, 4.69) is 0 Å². The van der Waals surface area contributed by atoms with Gasteiger partial charge in [0.15, 0.2) is 6.29 Å². The van der Waals surface area contributed by atoms with Crippen molar-refractivity contribution in [2.24, 2.45) is 0 Å². The van der Waals surface area contributed by atoms with Gasteiger partial charge in [-0.1, -0.05) is 18.2 Å². The number of esters is 1. The SMILES string of the molecule is CO[C@@H]1CN(Cc2ccccc2[N+](=O)[O-])[C@H]2C(=O)OCC2O1. The molecule has 0 aromatic heterocycles. The van der Waals surface area contributed by atoms with E-state index in [-0.39, 0.29) is 24.8 Å². The third-order valence-electron chi connectivity index (χ3n) is 3.91. The first kappa shape index (κ1) is 14.9. The molecule has 2 aliphatic rings. The Balaban J connectivity index is 1.86. The van der Waals surface area contributed by atoms with Gasteiger partial charge in [0.2, 0.25) is 0 Å². The minimum absolute atomic E-state index is 0.0332. The molecule has 2 aliphatic heterocycles. The van der Waals surface area contributed by atoms with Crippen molar-refractivity contribution in [2.45, 2.75) is 25.0 Å². The minimum Gasteiger partial charge on any atom is -0.462 e. The number of para-hydroxylation sites is 1. The molecule has 0 bridgehead atoms. The number of nitrogens with zero attached hydrogens (tertiary/aromatic N) is 2. The van der Waals surface area contributed by atoms with E-state index in [0.717, 1.165) is 0 Å². The number of cyclic esters (lactones) is 1. The molecule has 0 aliphatic carbocycles. The lowest BCUT2D eigenvalue weighted by molar-refractivity contribution is -0.385. The first-order chi connectivity index (χ1) is 10.6. The Bertz CT molecular complexity index is 592. The minimum atomic E-state index is -0.550. The van der Waals surface area contributed by atoms with Crippen LogP contribution in [0.3, 0.4) is 0 Å². The van der Waals surface area contributed by atoms with E-state index in [1.807, 2.05) is 4.90 Å². The molecule has 8 heteroatoms. The molecule has 1 aromatic carbocycles. The summed E-state index contributed by atoms with van der Waals surface area (Å²) in [6, 6.07) is 5.94. The van der Waals surface area contributed by atoms with E-state index in [1.54, 1.807) is 18.2 Å². The summed E-state index contributed by atoms with van der Waals surface area (Å²) in [5, 5.41) is 11.1. The molecule has 0 radical (unpaired) electrons. The molecule has 2 saturated heterocycles. The number of fused-ring (bicyclic) bond motifs is 1. The number of hydrogen-bond acceptors (Lipinski definition) is 7. The second-order valence-corrected chi connectivity index (χ2v) is 5.23. The van der Waals surface area contributed by atoms with Crippen molar-refractivity contribution < 1.29 is 23.9 Å². The summed E-state index contributed by atoms with van der Waals surface area (Å²) in [6.45, 7) is 0.784. The number of carbonyl (C=O) groups is 1. The number of nitro groups is 1. The number of hydrogen-bond donors (Lipinski definition) is 0. The van der Waals surface area contributed by atoms with E-state index >= 15 is 0 Å². The number of nitro benzene ring substituents is 1. The highest BCUT2D eigenvalue weighted by atomic mass is 16.7. The normalized spacial score (nSPS) is 28.2. The maximum absolute atomic E-state index is 11.9. The van der Waals surface area contributed by atoms with Crippen LogP contribution in [0.4, 0.5) is 5.69 Å². The highest BCUT2D eigenvalue weighted by Gasteiger charge is 2.47. The Morgan fingerprint density at radius 2 is 2.23 bits per heavy atom. The largest absolute Gasteiger partial charge is 0.462 e. The zero-order chi connectivity index (χ0) is 15.7. The Labute approximate surface area is 126 Å². The maximum atomic E-state index is 11.9. The van der Waals surface area contributed by atoms with Gasteiger partial charge in [-0.25, -0.2) is 0 Å². The van der Waals surface area contributed by atoms with Gasteiger partial charge in [-0.3, -0.25) is 19.8 Å². The third kappa shape index (κ3) is 2.68. The highest BCUT2D eigenvalue weighted by Crippen LogP contribution is 2.28. The van der Waals surface area contributed by atoms with Gasteiger partial charge in [-0.2, -0.15) is 0 Å². The zero-order valence-corrected chi connectivity index (χ0v) is 12.0. The fourth-order valence-electron chi connectivity index (χ4n) is 2.87. The summed E-state index contributed by atoms with van der Waals surface area (Å²) in [7, 11) is 1.52. The van der Waals surface area contributed by atoms with E-state index in [4.69, 9.17) is 14.2 Å². The maximum Gasteiger partial charge on any atom is 0.326 e. The summed E-state index contributed by atoms with van der Waals surface area (Å²) in [5.41, 5.74) is 0.577. The standard InChI is InChI=1S/C14H16N2O6/c1-20-12-7-15(13-11(22-12)8-21-14(13)17)6-9-4-2-3-5-10(9)16(18)19/h2-5,11-13H,6-8H2,1H3/t11?,12-,13+/m0/s1. The average molecular weight is 308 g/mol. The topological polar surface area (TPSA) is 91.1 Å². The monoisotopic (exact) mass is 308 g/mol. The number of carbonyl (C=O) groups excluding carboxylic acids is 1. The van der Waals surface area contributed by atoms with Crippen LogP contribution in [-0.2, 0) is 25.5 Å². The molecular weight excluding hydrogens is 292 g/mol. The molecule has 22 heavy (non-hydrogen) atoms. The molecule has 2 fully saturated rings. The quantitative estimate of drug-likeness (QED) is 0.459. The van der Waals surface area contributed by atoms with Gasteiger partial charge in [0.05, 0.1) is 11.5 Å². The molecule has 3 atom stereocenters. The van der Waals surface area contributed by atoms with Gasteiger partial charge in [-0.05, 0) is 0 Å². The van der Waals surface area contributed by atoms with Crippen molar-refractivity contribution in [3.05, 3.63) is 39.9 Å². The van der Waals surface area contributed by atoms with Crippen molar-refractivity contribution in [3.63, 3.8) is 0 Å². The van der Waals surface area contributed by atoms with Crippen LogP contribution in [0, 0.1) is 10.1 Å². The molecule has 0 spiro atoms. The molecule has 0 saturated carbocycles. The van der Waals surface area contributed by atoms with E-state index in [1.165, 1.54) is 13.2 Å². The Kier molecular flexibility index (Phi) is 4.06.